The number of hydrogen-bond donors (Lipinski definition) is 2. The molecule has 0 spiro atoms. The largest absolute Gasteiger partial charge is 0.508 e. The van der Waals surface area contributed by atoms with Crippen molar-refractivity contribution in [2.45, 2.75) is 6.92 Å². The maximum atomic E-state index is 9.29. The molecule has 6 heteroatoms. The lowest BCUT2D eigenvalue weighted by Gasteiger charge is -2.02. The van der Waals surface area contributed by atoms with Crippen molar-refractivity contribution in [3.8, 4) is 11.4 Å². The van der Waals surface area contributed by atoms with E-state index in [2.05, 4.69) is 15.1 Å². The summed E-state index contributed by atoms with van der Waals surface area (Å²) in [4.78, 5) is 8.17. The topological polar surface area (TPSA) is 89.8 Å². The molecule has 0 bridgehead atoms. The molecular weight excluding hydrogens is 230 g/mol. The summed E-state index contributed by atoms with van der Waals surface area (Å²) in [5, 5.41) is 14.4. The van der Waals surface area contributed by atoms with Gasteiger partial charge in [0.25, 0.3) is 0 Å². The summed E-state index contributed by atoms with van der Waals surface area (Å²) in [5.41, 5.74) is 8.07. The Labute approximate surface area is 103 Å². The van der Waals surface area contributed by atoms with Gasteiger partial charge in [-0.15, -0.1) is 0 Å². The third-order valence-corrected chi connectivity index (χ3v) is 2.76. The minimum Gasteiger partial charge on any atom is -0.508 e. The van der Waals surface area contributed by atoms with Crippen LogP contribution in [0.25, 0.3) is 16.7 Å². The third-order valence-electron chi connectivity index (χ3n) is 2.76. The minimum atomic E-state index is 0.209. The first-order chi connectivity index (χ1) is 8.66. The van der Waals surface area contributed by atoms with E-state index in [1.807, 2.05) is 6.92 Å². The Morgan fingerprint density at radius 3 is 2.61 bits per heavy atom. The number of nitrogen functional groups attached to an aromatic ring is 1. The molecule has 6 nitrogen and oxygen atoms in total. The molecule has 0 radical (unpaired) electrons. The van der Waals surface area contributed by atoms with Gasteiger partial charge >= 0.3 is 0 Å². The molecule has 2 aromatic heterocycles. The van der Waals surface area contributed by atoms with E-state index in [1.165, 1.54) is 6.33 Å². The molecule has 90 valence electrons. The highest BCUT2D eigenvalue weighted by Gasteiger charge is 2.13. The first-order valence-corrected chi connectivity index (χ1v) is 5.42. The van der Waals surface area contributed by atoms with Gasteiger partial charge in [0.15, 0.2) is 5.65 Å². The van der Waals surface area contributed by atoms with Crippen LogP contribution in [0.3, 0.4) is 0 Å². The van der Waals surface area contributed by atoms with E-state index in [-0.39, 0.29) is 5.75 Å². The lowest BCUT2D eigenvalue weighted by atomic mass is 10.3. The van der Waals surface area contributed by atoms with Gasteiger partial charge < -0.3 is 10.8 Å². The highest BCUT2D eigenvalue weighted by atomic mass is 16.3. The number of aryl methyl sites for hydroxylation is 1. The summed E-state index contributed by atoms with van der Waals surface area (Å²) >= 11 is 0. The molecular formula is C12H11N5O. The fourth-order valence-corrected chi connectivity index (χ4v) is 1.92. The van der Waals surface area contributed by atoms with E-state index in [1.54, 1.807) is 28.9 Å². The summed E-state index contributed by atoms with van der Waals surface area (Å²) in [5.74, 6) is 0.628. The number of phenols is 1. The number of rotatable bonds is 1. The number of anilines is 1. The SMILES string of the molecule is Cc1nn(-c2ccc(O)cc2)c2ncnc(N)c12. The van der Waals surface area contributed by atoms with Crippen LogP contribution in [0.4, 0.5) is 5.82 Å². The second-order valence-corrected chi connectivity index (χ2v) is 3.97. The normalized spacial score (nSPS) is 10.9. The predicted octanol–water partition coefficient (Wildman–Crippen LogP) is 1.41. The summed E-state index contributed by atoms with van der Waals surface area (Å²) < 4.78 is 1.68. The van der Waals surface area contributed by atoms with Crippen molar-refractivity contribution in [1.82, 2.24) is 19.7 Å². The highest BCUT2D eigenvalue weighted by Crippen LogP contribution is 2.23. The Bertz CT molecular complexity index is 717. The summed E-state index contributed by atoms with van der Waals surface area (Å²) in [6.07, 6.45) is 1.41. The van der Waals surface area contributed by atoms with Gasteiger partial charge in [-0.1, -0.05) is 0 Å². The van der Waals surface area contributed by atoms with E-state index in [0.717, 1.165) is 16.8 Å². The van der Waals surface area contributed by atoms with Crippen molar-refractivity contribution in [1.29, 1.82) is 0 Å². The van der Waals surface area contributed by atoms with Crippen LogP contribution in [-0.2, 0) is 0 Å². The van der Waals surface area contributed by atoms with Crippen LogP contribution in [0.5, 0.6) is 5.75 Å². The fraction of sp³-hybridized carbons (Fsp3) is 0.0833. The molecule has 3 rings (SSSR count). The van der Waals surface area contributed by atoms with Gasteiger partial charge in [0, 0.05) is 0 Å². The number of phenolic OH excluding ortho intramolecular Hbond substituents is 1. The van der Waals surface area contributed by atoms with Crippen molar-refractivity contribution in [2.24, 2.45) is 0 Å². The molecule has 0 saturated carbocycles. The van der Waals surface area contributed by atoms with E-state index in [0.29, 0.717) is 11.5 Å². The Kier molecular flexibility index (Phi) is 2.16. The smallest absolute Gasteiger partial charge is 0.168 e. The van der Waals surface area contributed by atoms with Gasteiger partial charge in [0.2, 0.25) is 0 Å². The highest BCUT2D eigenvalue weighted by molar-refractivity contribution is 5.88. The van der Waals surface area contributed by atoms with Crippen LogP contribution >= 0.6 is 0 Å². The molecule has 0 atom stereocenters. The van der Waals surface area contributed by atoms with Gasteiger partial charge in [-0.2, -0.15) is 5.10 Å². The van der Waals surface area contributed by atoms with Crippen molar-refractivity contribution < 1.29 is 5.11 Å². The molecule has 0 saturated heterocycles. The monoisotopic (exact) mass is 241 g/mol. The molecule has 0 aliphatic heterocycles. The number of hydrogen-bond acceptors (Lipinski definition) is 5. The molecule has 0 aliphatic carbocycles. The van der Waals surface area contributed by atoms with Crippen LogP contribution in [0.2, 0.25) is 0 Å². The Hall–Kier alpha value is -2.63. The van der Waals surface area contributed by atoms with Gasteiger partial charge in [0.1, 0.15) is 17.9 Å². The van der Waals surface area contributed by atoms with Gasteiger partial charge in [-0.3, -0.25) is 0 Å². The Morgan fingerprint density at radius 1 is 1.17 bits per heavy atom. The predicted molar refractivity (Wildman–Crippen MR) is 67.5 cm³/mol. The number of aromatic hydroxyl groups is 1. The van der Waals surface area contributed by atoms with E-state index in [9.17, 15) is 5.11 Å². The van der Waals surface area contributed by atoms with Crippen LogP contribution < -0.4 is 5.73 Å². The van der Waals surface area contributed by atoms with Crippen LogP contribution in [-0.4, -0.2) is 24.9 Å². The van der Waals surface area contributed by atoms with Crippen molar-refractivity contribution in [2.75, 3.05) is 5.73 Å². The molecule has 0 aliphatic rings. The van der Waals surface area contributed by atoms with Crippen molar-refractivity contribution in [3.63, 3.8) is 0 Å². The summed E-state index contributed by atoms with van der Waals surface area (Å²) in [6, 6.07) is 6.73. The first-order valence-electron chi connectivity index (χ1n) is 5.42. The molecule has 2 heterocycles. The Balaban J connectivity index is 2.30. The lowest BCUT2D eigenvalue weighted by Crippen LogP contribution is -1.98. The number of fused-ring (bicyclic) bond motifs is 1. The zero-order valence-corrected chi connectivity index (χ0v) is 9.70. The van der Waals surface area contributed by atoms with Gasteiger partial charge in [-0.25, -0.2) is 14.6 Å². The Morgan fingerprint density at radius 2 is 1.89 bits per heavy atom. The lowest BCUT2D eigenvalue weighted by molar-refractivity contribution is 0.475. The maximum Gasteiger partial charge on any atom is 0.168 e. The van der Waals surface area contributed by atoms with Crippen molar-refractivity contribution in [3.05, 3.63) is 36.3 Å². The number of aromatic nitrogens is 4. The summed E-state index contributed by atoms with van der Waals surface area (Å²) in [7, 11) is 0. The number of nitrogens with two attached hydrogens (primary N) is 1. The maximum absolute atomic E-state index is 9.29. The van der Waals surface area contributed by atoms with E-state index < -0.39 is 0 Å². The third kappa shape index (κ3) is 1.46. The number of benzene rings is 1. The van der Waals surface area contributed by atoms with Gasteiger partial charge in [-0.05, 0) is 31.2 Å². The minimum absolute atomic E-state index is 0.209. The quantitative estimate of drug-likeness (QED) is 0.672. The average Bonchev–Trinajstić information content (AvgIpc) is 2.69. The number of nitrogens with zero attached hydrogens (tertiary/aromatic N) is 4. The second kappa shape index (κ2) is 3.69. The molecule has 1 aromatic carbocycles. The van der Waals surface area contributed by atoms with Crippen LogP contribution in [0, 0.1) is 6.92 Å². The van der Waals surface area contributed by atoms with E-state index >= 15 is 0 Å². The second-order valence-electron chi connectivity index (χ2n) is 3.97. The van der Waals surface area contributed by atoms with Gasteiger partial charge in [0.05, 0.1) is 16.8 Å². The molecule has 0 amide bonds. The zero-order chi connectivity index (χ0) is 12.7. The zero-order valence-electron chi connectivity index (χ0n) is 9.70. The van der Waals surface area contributed by atoms with Crippen LogP contribution in [0.1, 0.15) is 5.69 Å². The molecule has 3 N–H and O–H groups in total. The molecule has 0 fully saturated rings. The molecule has 3 aromatic rings. The van der Waals surface area contributed by atoms with Crippen LogP contribution in [0.15, 0.2) is 30.6 Å². The van der Waals surface area contributed by atoms with E-state index in [4.69, 9.17) is 5.73 Å². The standard InChI is InChI=1S/C12H11N5O/c1-7-10-11(13)14-6-15-12(10)17(16-7)8-2-4-9(18)5-3-8/h2-6,18H,1H3,(H2,13,14,15). The van der Waals surface area contributed by atoms with Crippen molar-refractivity contribution >= 4 is 16.9 Å². The fourth-order valence-electron chi connectivity index (χ4n) is 1.92. The first kappa shape index (κ1) is 10.5. The molecule has 18 heavy (non-hydrogen) atoms. The average molecular weight is 241 g/mol. The summed E-state index contributed by atoms with van der Waals surface area (Å²) in [6.45, 7) is 1.86. The molecule has 0 unspecified atom stereocenters.